The number of benzene rings is 1. The number of aromatic amines is 1. The number of rotatable bonds is 6. The summed E-state index contributed by atoms with van der Waals surface area (Å²) in [6, 6.07) is 7.84. The molecule has 19 heavy (non-hydrogen) atoms. The summed E-state index contributed by atoms with van der Waals surface area (Å²) in [5.41, 5.74) is 3.15. The molecule has 1 aromatic heterocycles. The Kier molecular flexibility index (Phi) is 4.69. The molecule has 0 saturated heterocycles. The van der Waals surface area contributed by atoms with E-state index in [4.69, 9.17) is 0 Å². The lowest BCUT2D eigenvalue weighted by molar-refractivity contribution is -0.114. The Hall–Kier alpha value is -2.14. The van der Waals surface area contributed by atoms with Crippen molar-refractivity contribution in [1.82, 2.24) is 15.3 Å². The number of imidazole rings is 1. The fraction of sp³-hybridized carbons (Fsp3) is 0.286. The minimum absolute atomic E-state index is 0.0505. The summed E-state index contributed by atoms with van der Waals surface area (Å²) in [6.45, 7) is 3.22. The van der Waals surface area contributed by atoms with Gasteiger partial charge in [0.2, 0.25) is 5.91 Å². The van der Waals surface area contributed by atoms with Crippen LogP contribution in [-0.4, -0.2) is 22.4 Å². The summed E-state index contributed by atoms with van der Waals surface area (Å²) < 4.78 is 0. The first kappa shape index (κ1) is 13.3. The van der Waals surface area contributed by atoms with E-state index in [1.807, 2.05) is 30.5 Å². The lowest BCUT2D eigenvalue weighted by Gasteiger charge is -2.06. The van der Waals surface area contributed by atoms with E-state index in [0.717, 1.165) is 30.9 Å². The zero-order valence-corrected chi connectivity index (χ0v) is 10.9. The van der Waals surface area contributed by atoms with Crippen molar-refractivity contribution in [3.8, 4) is 0 Å². The minimum atomic E-state index is -0.0505. The summed E-state index contributed by atoms with van der Waals surface area (Å²) in [6.07, 6.45) is 4.46. The SMILES string of the molecule is CC(=O)Nc1ccc(CNCCc2cnc[nH]2)cc1. The van der Waals surface area contributed by atoms with E-state index in [0.29, 0.717) is 0 Å². The molecule has 0 aliphatic heterocycles. The van der Waals surface area contributed by atoms with Crippen LogP contribution < -0.4 is 10.6 Å². The molecule has 0 bridgehead atoms. The average molecular weight is 258 g/mol. The van der Waals surface area contributed by atoms with Crippen molar-refractivity contribution in [3.63, 3.8) is 0 Å². The van der Waals surface area contributed by atoms with Gasteiger partial charge in [-0.3, -0.25) is 4.79 Å². The summed E-state index contributed by atoms with van der Waals surface area (Å²) in [7, 11) is 0. The molecule has 3 N–H and O–H groups in total. The second kappa shape index (κ2) is 6.70. The molecule has 2 rings (SSSR count). The fourth-order valence-corrected chi connectivity index (χ4v) is 1.79. The number of H-pyrrole nitrogens is 1. The van der Waals surface area contributed by atoms with Gasteiger partial charge in [0, 0.05) is 44.0 Å². The fourth-order valence-electron chi connectivity index (χ4n) is 1.79. The van der Waals surface area contributed by atoms with Crippen molar-refractivity contribution in [2.75, 3.05) is 11.9 Å². The molecule has 100 valence electrons. The number of nitrogens with zero attached hydrogens (tertiary/aromatic N) is 1. The predicted molar refractivity (Wildman–Crippen MR) is 74.7 cm³/mol. The van der Waals surface area contributed by atoms with E-state index >= 15 is 0 Å². The van der Waals surface area contributed by atoms with E-state index in [-0.39, 0.29) is 5.91 Å². The van der Waals surface area contributed by atoms with Crippen molar-refractivity contribution >= 4 is 11.6 Å². The maximum Gasteiger partial charge on any atom is 0.221 e. The molecule has 1 amide bonds. The van der Waals surface area contributed by atoms with Gasteiger partial charge in [0.05, 0.1) is 6.33 Å². The highest BCUT2D eigenvalue weighted by molar-refractivity contribution is 5.88. The van der Waals surface area contributed by atoms with Crippen molar-refractivity contribution in [2.45, 2.75) is 19.9 Å². The normalized spacial score (nSPS) is 10.4. The molecule has 5 heteroatoms. The molecular weight excluding hydrogens is 240 g/mol. The maximum absolute atomic E-state index is 10.9. The Morgan fingerprint density at radius 2 is 2.11 bits per heavy atom. The Balaban J connectivity index is 1.72. The van der Waals surface area contributed by atoms with Crippen molar-refractivity contribution < 1.29 is 4.79 Å². The molecule has 0 spiro atoms. The van der Waals surface area contributed by atoms with Gasteiger partial charge in [-0.05, 0) is 17.7 Å². The molecule has 0 radical (unpaired) electrons. The Morgan fingerprint density at radius 3 is 2.74 bits per heavy atom. The topological polar surface area (TPSA) is 69.8 Å². The van der Waals surface area contributed by atoms with Crippen LogP contribution >= 0.6 is 0 Å². The highest BCUT2D eigenvalue weighted by Gasteiger charge is 1.97. The molecule has 5 nitrogen and oxygen atoms in total. The Labute approximate surface area is 112 Å². The van der Waals surface area contributed by atoms with Gasteiger partial charge in [-0.2, -0.15) is 0 Å². The second-order valence-electron chi connectivity index (χ2n) is 4.38. The number of nitrogens with one attached hydrogen (secondary N) is 3. The monoisotopic (exact) mass is 258 g/mol. The molecule has 0 atom stereocenters. The molecule has 1 aromatic carbocycles. The quantitative estimate of drug-likeness (QED) is 0.691. The van der Waals surface area contributed by atoms with Crippen LogP contribution in [0.15, 0.2) is 36.8 Å². The number of carbonyl (C=O) groups excluding carboxylic acids is 1. The van der Waals surface area contributed by atoms with Gasteiger partial charge in [-0.15, -0.1) is 0 Å². The van der Waals surface area contributed by atoms with Crippen LogP contribution in [0.25, 0.3) is 0 Å². The third-order valence-electron chi connectivity index (χ3n) is 2.73. The van der Waals surface area contributed by atoms with E-state index in [9.17, 15) is 4.79 Å². The standard InChI is InChI=1S/C14H18N4O/c1-11(19)18-13-4-2-12(3-5-13)8-15-7-6-14-9-16-10-17-14/h2-5,9-10,15H,6-8H2,1H3,(H,16,17)(H,18,19). The molecular formula is C14H18N4O. The first-order valence-electron chi connectivity index (χ1n) is 6.28. The molecule has 0 fully saturated rings. The van der Waals surface area contributed by atoms with E-state index in [1.54, 1.807) is 6.33 Å². The third-order valence-corrected chi connectivity index (χ3v) is 2.73. The van der Waals surface area contributed by atoms with Gasteiger partial charge in [-0.25, -0.2) is 4.98 Å². The van der Waals surface area contributed by atoms with Gasteiger partial charge in [0.25, 0.3) is 0 Å². The number of hydrogen-bond acceptors (Lipinski definition) is 3. The molecule has 1 heterocycles. The molecule has 0 aliphatic carbocycles. The zero-order chi connectivity index (χ0) is 13.5. The number of carbonyl (C=O) groups is 1. The lowest BCUT2D eigenvalue weighted by Crippen LogP contribution is -2.16. The smallest absolute Gasteiger partial charge is 0.221 e. The largest absolute Gasteiger partial charge is 0.348 e. The van der Waals surface area contributed by atoms with Crippen LogP contribution in [0.5, 0.6) is 0 Å². The molecule has 0 saturated carbocycles. The summed E-state index contributed by atoms with van der Waals surface area (Å²) in [4.78, 5) is 17.9. The van der Waals surface area contributed by atoms with Crippen LogP contribution in [0.4, 0.5) is 5.69 Å². The van der Waals surface area contributed by atoms with Crippen molar-refractivity contribution in [1.29, 1.82) is 0 Å². The van der Waals surface area contributed by atoms with Crippen LogP contribution in [0.3, 0.4) is 0 Å². The molecule has 0 aliphatic rings. The first-order chi connectivity index (χ1) is 9.24. The number of hydrogen-bond donors (Lipinski definition) is 3. The van der Waals surface area contributed by atoms with Crippen LogP contribution in [0.2, 0.25) is 0 Å². The van der Waals surface area contributed by atoms with Crippen LogP contribution in [-0.2, 0) is 17.8 Å². The lowest BCUT2D eigenvalue weighted by atomic mass is 10.2. The van der Waals surface area contributed by atoms with Gasteiger partial charge in [-0.1, -0.05) is 12.1 Å². The predicted octanol–water partition coefficient (Wildman–Crippen LogP) is 1.70. The third kappa shape index (κ3) is 4.56. The van der Waals surface area contributed by atoms with Gasteiger partial charge >= 0.3 is 0 Å². The number of aromatic nitrogens is 2. The van der Waals surface area contributed by atoms with Gasteiger partial charge in [0.15, 0.2) is 0 Å². The number of anilines is 1. The Morgan fingerprint density at radius 1 is 1.32 bits per heavy atom. The van der Waals surface area contributed by atoms with Crippen LogP contribution in [0.1, 0.15) is 18.2 Å². The van der Waals surface area contributed by atoms with Crippen molar-refractivity contribution in [2.24, 2.45) is 0 Å². The maximum atomic E-state index is 10.9. The highest BCUT2D eigenvalue weighted by atomic mass is 16.1. The van der Waals surface area contributed by atoms with Gasteiger partial charge in [0.1, 0.15) is 0 Å². The zero-order valence-electron chi connectivity index (χ0n) is 10.9. The Bertz CT molecular complexity index is 505. The minimum Gasteiger partial charge on any atom is -0.348 e. The van der Waals surface area contributed by atoms with E-state index in [2.05, 4.69) is 20.6 Å². The van der Waals surface area contributed by atoms with Gasteiger partial charge < -0.3 is 15.6 Å². The second-order valence-corrected chi connectivity index (χ2v) is 4.38. The van der Waals surface area contributed by atoms with E-state index < -0.39 is 0 Å². The van der Waals surface area contributed by atoms with Crippen molar-refractivity contribution in [3.05, 3.63) is 48.0 Å². The summed E-state index contributed by atoms with van der Waals surface area (Å²) in [5.74, 6) is -0.0505. The summed E-state index contributed by atoms with van der Waals surface area (Å²) in [5, 5.41) is 6.11. The number of amides is 1. The summed E-state index contributed by atoms with van der Waals surface area (Å²) >= 11 is 0. The average Bonchev–Trinajstić information content (AvgIpc) is 2.89. The van der Waals surface area contributed by atoms with E-state index in [1.165, 1.54) is 12.5 Å². The highest BCUT2D eigenvalue weighted by Crippen LogP contribution is 2.09. The van der Waals surface area contributed by atoms with Crippen LogP contribution in [0, 0.1) is 0 Å². The molecule has 0 unspecified atom stereocenters. The first-order valence-corrected chi connectivity index (χ1v) is 6.28. The molecule has 2 aromatic rings.